The van der Waals surface area contributed by atoms with E-state index in [-0.39, 0.29) is 75.3 Å². The summed E-state index contributed by atoms with van der Waals surface area (Å²) in [6, 6.07) is 14.1. The van der Waals surface area contributed by atoms with E-state index >= 15 is 0 Å². The van der Waals surface area contributed by atoms with Gasteiger partial charge in [0.1, 0.15) is 0 Å². The van der Waals surface area contributed by atoms with Gasteiger partial charge in [-0.2, -0.15) is 0 Å². The third-order valence-electron chi connectivity index (χ3n) is 8.54. The summed E-state index contributed by atoms with van der Waals surface area (Å²) in [5.74, 6) is -3.73. The molecule has 0 bridgehead atoms. The first-order chi connectivity index (χ1) is 26.9. The maximum atomic E-state index is 12.9. The first kappa shape index (κ1) is 49.7. The van der Waals surface area contributed by atoms with E-state index in [9.17, 15) is 19.2 Å². The molecule has 2 aliphatic heterocycles. The fourth-order valence-corrected chi connectivity index (χ4v) is 6.73. The second kappa shape index (κ2) is 25.1. The largest absolute Gasteiger partial charge is 2.00 e. The predicted octanol–water partition coefficient (Wildman–Crippen LogP) is 4.15. The molecule has 0 spiro atoms. The molecule has 0 amide bonds. The number of allylic oxidation sites excluding steroid dienone is 2. The van der Waals surface area contributed by atoms with Gasteiger partial charge in [0.05, 0.1) is 99.4 Å². The molecule has 0 fully saturated rings. The van der Waals surface area contributed by atoms with E-state index in [1.165, 1.54) is 14.2 Å². The number of carbonyl (C=O) groups is 4. The van der Waals surface area contributed by atoms with Crippen molar-refractivity contribution in [2.45, 2.75) is 39.5 Å². The molecule has 0 aromatic heterocycles. The number of halogens is 2. The van der Waals surface area contributed by atoms with E-state index in [4.69, 9.17) is 63.1 Å². The molecule has 14 nitrogen and oxygen atoms in total. The normalized spacial score (nSPS) is 16.4. The van der Waals surface area contributed by atoms with Crippen LogP contribution < -0.4 is 22.1 Å². The molecule has 57 heavy (non-hydrogen) atoms. The molecule has 304 valence electrons. The molecule has 2 aliphatic rings. The van der Waals surface area contributed by atoms with Crippen LogP contribution in [0.1, 0.15) is 50.7 Å². The van der Waals surface area contributed by atoms with Crippen LogP contribution in [0.5, 0.6) is 0 Å². The van der Waals surface area contributed by atoms with Gasteiger partial charge in [0.25, 0.3) is 0 Å². The summed E-state index contributed by atoms with van der Waals surface area (Å²) in [7, 11) is 2.58. The number of hydrogen-bond acceptors (Lipinski definition) is 14. The van der Waals surface area contributed by atoms with E-state index in [1.807, 2.05) is 0 Å². The number of benzene rings is 2. The number of rotatable bonds is 16. The molecular weight excluding hydrogens is 807 g/mol. The molecule has 2 aromatic rings. The Morgan fingerprint density at radius 3 is 1.26 bits per heavy atom. The number of ether oxygens (including phenoxy) is 6. The van der Waals surface area contributed by atoms with Crippen LogP contribution in [-0.2, 0) is 47.6 Å². The van der Waals surface area contributed by atoms with Crippen molar-refractivity contribution in [2.75, 3.05) is 67.0 Å². The predicted molar refractivity (Wildman–Crippen MR) is 217 cm³/mol. The smallest absolute Gasteiger partial charge is 0.466 e. The molecule has 0 saturated carbocycles. The third kappa shape index (κ3) is 12.8. The molecule has 4 rings (SSSR count). The monoisotopic (exact) mass is 856 g/mol. The van der Waals surface area contributed by atoms with Gasteiger partial charge in [-0.3, -0.25) is 0 Å². The summed E-state index contributed by atoms with van der Waals surface area (Å²) >= 11 is 12.8. The van der Waals surface area contributed by atoms with Crippen molar-refractivity contribution in [3.8, 4) is 0 Å². The van der Waals surface area contributed by atoms with Crippen LogP contribution >= 0.6 is 23.2 Å². The Morgan fingerprint density at radius 2 is 0.965 bits per heavy atom. The average Bonchev–Trinajstić information content (AvgIpc) is 3.18. The minimum atomic E-state index is -0.752. The van der Waals surface area contributed by atoms with Crippen molar-refractivity contribution >= 4 is 84.8 Å². The Morgan fingerprint density at radius 1 is 0.614 bits per heavy atom. The van der Waals surface area contributed by atoms with Crippen LogP contribution in [-0.4, -0.2) is 129 Å². The fraction of sp³-hybridized carbons (Fsp3) is 0.400. The van der Waals surface area contributed by atoms with Gasteiger partial charge < -0.3 is 50.5 Å². The van der Waals surface area contributed by atoms with Gasteiger partial charge in [-0.1, -0.05) is 59.6 Å². The molecule has 6 N–H and O–H groups in total. The van der Waals surface area contributed by atoms with Crippen molar-refractivity contribution in [3.63, 3.8) is 0 Å². The zero-order valence-electron chi connectivity index (χ0n) is 33.1. The van der Waals surface area contributed by atoms with Crippen molar-refractivity contribution in [1.29, 1.82) is 0 Å². The number of carbonyl (C=O) groups excluding carboxylic acids is 4. The Balaban J connectivity index is 0.000000387. The van der Waals surface area contributed by atoms with Crippen LogP contribution in [0.3, 0.4) is 0 Å². The number of methoxy groups -OCH3 is 2. The van der Waals surface area contributed by atoms with Gasteiger partial charge in [-0.25, -0.2) is 19.2 Å². The Kier molecular flexibility index (Phi) is 21.9. The zero-order chi connectivity index (χ0) is 41.4. The standard InChI is InChI=1S/2C20H25ClN2O5.Ca/c2*1-4-28-20(25)18-15(11-27-10-9-22)23-12(2)16(19(24)26-3)17(18)13-7-5-6-8-14(13)21;/h2*5-8,17,23H,4,9-11,22H2,1-3H3;/q;;+2/t2*17-;/m00./s1. The van der Waals surface area contributed by atoms with Gasteiger partial charge in [0.15, 0.2) is 0 Å². The number of hydrogen-bond donors (Lipinski definition) is 4. The average molecular weight is 858 g/mol. The molecule has 17 heteroatoms. The van der Waals surface area contributed by atoms with E-state index in [2.05, 4.69) is 10.6 Å². The second-order valence-corrected chi connectivity index (χ2v) is 12.9. The summed E-state index contributed by atoms with van der Waals surface area (Å²) < 4.78 is 31.6. The van der Waals surface area contributed by atoms with E-state index in [0.717, 1.165) is 0 Å². The SMILES string of the molecule is CCOC(=O)C1=C(COCCN)NC(C)=C(C(=O)OC)[C@@H]1c1ccccc1Cl.CCOC(=O)C1=C(COCCN)NC(C)=C(C(=O)OC)[C@@H]1c1ccccc1Cl.[Ca+2]. The van der Waals surface area contributed by atoms with Gasteiger partial charge in [-0.15, -0.1) is 0 Å². The van der Waals surface area contributed by atoms with Crippen LogP contribution in [0.25, 0.3) is 0 Å². The van der Waals surface area contributed by atoms with Crippen molar-refractivity contribution in [3.05, 3.63) is 115 Å². The fourth-order valence-electron chi connectivity index (χ4n) is 6.24. The summed E-state index contributed by atoms with van der Waals surface area (Å²) in [5, 5.41) is 7.04. The van der Waals surface area contributed by atoms with Crippen molar-refractivity contribution in [2.24, 2.45) is 11.5 Å². The molecule has 0 saturated heterocycles. The third-order valence-corrected chi connectivity index (χ3v) is 9.23. The number of nitrogens with one attached hydrogen (secondary N) is 2. The van der Waals surface area contributed by atoms with Gasteiger partial charge in [0, 0.05) is 34.5 Å². The maximum Gasteiger partial charge on any atom is 2.00 e. The molecular formula is C40H50CaCl2N4O10+2. The van der Waals surface area contributed by atoms with Crippen LogP contribution in [0.15, 0.2) is 93.6 Å². The van der Waals surface area contributed by atoms with Gasteiger partial charge in [-0.05, 0) is 51.0 Å². The molecule has 2 heterocycles. The first-order valence-electron chi connectivity index (χ1n) is 17.9. The number of dihydropyridines is 2. The summed E-state index contributed by atoms with van der Waals surface area (Å²) in [5.41, 5.74) is 15.4. The topological polar surface area (TPSA) is 200 Å². The van der Waals surface area contributed by atoms with Crippen LogP contribution in [0.2, 0.25) is 10.0 Å². The van der Waals surface area contributed by atoms with E-state index in [0.29, 0.717) is 81.4 Å². The van der Waals surface area contributed by atoms with Gasteiger partial charge >= 0.3 is 61.6 Å². The maximum absolute atomic E-state index is 12.9. The molecule has 2 atom stereocenters. The van der Waals surface area contributed by atoms with Gasteiger partial charge in [0.2, 0.25) is 0 Å². The number of nitrogens with two attached hydrogens (primary N) is 2. The quantitative estimate of drug-likeness (QED) is 0.0813. The summed E-state index contributed by atoms with van der Waals surface area (Å²) in [4.78, 5) is 50.9. The van der Waals surface area contributed by atoms with E-state index in [1.54, 1.807) is 76.2 Å². The van der Waals surface area contributed by atoms with E-state index < -0.39 is 35.7 Å². The zero-order valence-corrected chi connectivity index (χ0v) is 36.9. The van der Waals surface area contributed by atoms with Crippen LogP contribution in [0.4, 0.5) is 0 Å². The molecule has 0 radical (unpaired) electrons. The summed E-state index contributed by atoms with van der Waals surface area (Å²) in [6.07, 6.45) is 0. The number of esters is 4. The minimum absolute atomic E-state index is 0. The second-order valence-electron chi connectivity index (χ2n) is 12.1. The Bertz CT molecular complexity index is 1750. The van der Waals surface area contributed by atoms with Crippen molar-refractivity contribution in [1.82, 2.24) is 10.6 Å². The molecule has 0 aliphatic carbocycles. The first-order valence-corrected chi connectivity index (χ1v) is 18.6. The molecule has 2 aromatic carbocycles. The van der Waals surface area contributed by atoms with Crippen LogP contribution in [0, 0.1) is 0 Å². The summed E-state index contributed by atoms with van der Waals surface area (Å²) in [6.45, 7) is 8.83. The van der Waals surface area contributed by atoms with Crippen molar-refractivity contribution < 1.29 is 47.6 Å². The minimum Gasteiger partial charge on any atom is -0.466 e. The Hall–Kier alpha value is -3.44. The Labute approximate surface area is 373 Å². The molecule has 0 unspecified atom stereocenters.